The van der Waals surface area contributed by atoms with Crippen molar-refractivity contribution in [3.63, 3.8) is 0 Å². The van der Waals surface area contributed by atoms with Gasteiger partial charge >= 0.3 is 0 Å². The second-order valence-corrected chi connectivity index (χ2v) is 6.18. The summed E-state index contributed by atoms with van der Waals surface area (Å²) in [5.41, 5.74) is 1.72. The number of halogens is 1. The largest absolute Gasteiger partial charge is 0.339 e. The Balaban J connectivity index is 1.88. The molecule has 1 aromatic carbocycles. The fourth-order valence-corrected chi connectivity index (χ4v) is 3.31. The van der Waals surface area contributed by atoms with Crippen LogP contribution in [0.1, 0.15) is 24.9 Å². The minimum absolute atomic E-state index is 0.0327. The number of nitrogens with zero attached hydrogens (tertiary/aromatic N) is 1. The van der Waals surface area contributed by atoms with Crippen molar-refractivity contribution in [3.05, 3.63) is 35.1 Å². The lowest BCUT2D eigenvalue weighted by Gasteiger charge is -2.11. The standard InChI is InChI=1S/C14H15ClN4OS/c1-2-3-16-12-8-6-9(15)11(7-10(8)19-13(12)20)21-14-17-4-5-18-14/h4-7,12,16H,2-3H2,1H3,(H,17,18)(H,19,20). The molecule has 1 aromatic heterocycles. The summed E-state index contributed by atoms with van der Waals surface area (Å²) in [5, 5.41) is 7.52. The number of aromatic amines is 1. The Morgan fingerprint density at radius 1 is 1.48 bits per heavy atom. The second-order valence-electron chi connectivity index (χ2n) is 4.74. The first-order chi connectivity index (χ1) is 10.2. The van der Waals surface area contributed by atoms with Gasteiger partial charge in [0.2, 0.25) is 5.91 Å². The van der Waals surface area contributed by atoms with Crippen LogP contribution in [0.15, 0.2) is 34.6 Å². The van der Waals surface area contributed by atoms with Gasteiger partial charge in [-0.3, -0.25) is 4.79 Å². The molecule has 1 aliphatic heterocycles. The highest BCUT2D eigenvalue weighted by Crippen LogP contribution is 2.40. The van der Waals surface area contributed by atoms with Crippen molar-refractivity contribution in [1.82, 2.24) is 15.3 Å². The molecule has 3 N–H and O–H groups in total. The third kappa shape index (κ3) is 2.92. The van der Waals surface area contributed by atoms with Crippen molar-refractivity contribution in [3.8, 4) is 0 Å². The number of carbonyl (C=O) groups excluding carboxylic acids is 1. The highest BCUT2D eigenvalue weighted by Gasteiger charge is 2.31. The number of H-pyrrole nitrogens is 1. The summed E-state index contributed by atoms with van der Waals surface area (Å²) in [5.74, 6) is -0.0327. The van der Waals surface area contributed by atoms with Crippen LogP contribution >= 0.6 is 23.4 Å². The number of anilines is 1. The van der Waals surface area contributed by atoms with Crippen molar-refractivity contribution in [2.24, 2.45) is 0 Å². The number of benzene rings is 1. The third-order valence-electron chi connectivity index (χ3n) is 3.21. The molecule has 5 nitrogen and oxygen atoms in total. The Hall–Kier alpha value is -1.50. The molecule has 0 bridgehead atoms. The normalized spacial score (nSPS) is 16.9. The quantitative estimate of drug-likeness (QED) is 0.790. The third-order valence-corrected chi connectivity index (χ3v) is 4.61. The van der Waals surface area contributed by atoms with Crippen LogP contribution in [-0.2, 0) is 4.79 Å². The molecule has 0 aliphatic carbocycles. The van der Waals surface area contributed by atoms with Gasteiger partial charge < -0.3 is 15.6 Å². The fourth-order valence-electron chi connectivity index (χ4n) is 2.24. The predicted octanol–water partition coefficient (Wildman–Crippen LogP) is 3.21. The van der Waals surface area contributed by atoms with Crippen LogP contribution in [0.5, 0.6) is 0 Å². The van der Waals surface area contributed by atoms with Crippen LogP contribution in [0.25, 0.3) is 0 Å². The van der Waals surface area contributed by atoms with E-state index in [1.807, 2.05) is 12.1 Å². The lowest BCUT2D eigenvalue weighted by molar-refractivity contribution is -0.117. The van der Waals surface area contributed by atoms with Crippen molar-refractivity contribution in [2.75, 3.05) is 11.9 Å². The van der Waals surface area contributed by atoms with Crippen LogP contribution in [0, 0.1) is 0 Å². The predicted molar refractivity (Wildman–Crippen MR) is 83.8 cm³/mol. The lowest BCUT2D eigenvalue weighted by Crippen LogP contribution is -2.27. The molecule has 110 valence electrons. The smallest absolute Gasteiger partial charge is 0.246 e. The molecular weight excluding hydrogens is 308 g/mol. The van der Waals surface area contributed by atoms with E-state index in [4.69, 9.17) is 11.6 Å². The van der Waals surface area contributed by atoms with Crippen LogP contribution in [-0.4, -0.2) is 22.4 Å². The Morgan fingerprint density at radius 3 is 3.05 bits per heavy atom. The summed E-state index contributed by atoms with van der Waals surface area (Å²) in [6.45, 7) is 2.86. The Bertz CT molecular complexity index is 659. The second kappa shape index (κ2) is 6.09. The maximum absolute atomic E-state index is 12.0. The number of nitrogens with one attached hydrogen (secondary N) is 3. The molecule has 1 amide bonds. The summed E-state index contributed by atoms with van der Waals surface area (Å²) in [6, 6.07) is 3.43. The minimum Gasteiger partial charge on any atom is -0.339 e. The first kappa shape index (κ1) is 14.4. The number of amides is 1. The molecule has 3 rings (SSSR count). The van der Waals surface area contributed by atoms with E-state index < -0.39 is 0 Å². The maximum Gasteiger partial charge on any atom is 0.246 e. The monoisotopic (exact) mass is 322 g/mol. The molecule has 2 heterocycles. The van der Waals surface area contributed by atoms with Gasteiger partial charge in [0.05, 0.1) is 5.02 Å². The average molecular weight is 323 g/mol. The Kier molecular flexibility index (Phi) is 4.19. The number of hydrogen-bond donors (Lipinski definition) is 3. The number of aromatic nitrogens is 2. The van der Waals surface area contributed by atoms with E-state index in [-0.39, 0.29) is 11.9 Å². The van der Waals surface area contributed by atoms with E-state index in [2.05, 4.69) is 27.5 Å². The Labute approximate surface area is 131 Å². The first-order valence-electron chi connectivity index (χ1n) is 6.74. The average Bonchev–Trinajstić information content (AvgIpc) is 3.05. The topological polar surface area (TPSA) is 69.8 Å². The summed E-state index contributed by atoms with van der Waals surface area (Å²) >= 11 is 7.78. The SMILES string of the molecule is CCCNC1C(=O)Nc2cc(Sc3ncc[nH]3)c(Cl)cc21. The van der Waals surface area contributed by atoms with Crippen molar-refractivity contribution in [1.29, 1.82) is 0 Å². The minimum atomic E-state index is -0.319. The van der Waals surface area contributed by atoms with Crippen molar-refractivity contribution in [2.45, 2.75) is 29.4 Å². The number of hydrogen-bond acceptors (Lipinski definition) is 4. The van der Waals surface area contributed by atoms with Crippen LogP contribution in [0.3, 0.4) is 0 Å². The molecule has 2 aromatic rings. The van der Waals surface area contributed by atoms with E-state index in [1.54, 1.807) is 12.4 Å². The van der Waals surface area contributed by atoms with Gasteiger partial charge in [0.1, 0.15) is 6.04 Å². The zero-order chi connectivity index (χ0) is 14.8. The zero-order valence-electron chi connectivity index (χ0n) is 11.4. The highest BCUT2D eigenvalue weighted by atomic mass is 35.5. The summed E-state index contributed by atoms with van der Waals surface area (Å²) in [7, 11) is 0. The molecule has 0 fully saturated rings. The van der Waals surface area contributed by atoms with Crippen LogP contribution in [0.2, 0.25) is 5.02 Å². The van der Waals surface area contributed by atoms with E-state index in [0.717, 1.165) is 34.3 Å². The zero-order valence-corrected chi connectivity index (χ0v) is 13.0. The summed E-state index contributed by atoms with van der Waals surface area (Å²) < 4.78 is 0. The number of rotatable bonds is 5. The van der Waals surface area contributed by atoms with Crippen molar-refractivity contribution < 1.29 is 4.79 Å². The number of carbonyl (C=O) groups is 1. The first-order valence-corrected chi connectivity index (χ1v) is 7.93. The van der Waals surface area contributed by atoms with Gasteiger partial charge in [0.25, 0.3) is 0 Å². The lowest BCUT2D eigenvalue weighted by atomic mass is 10.1. The van der Waals surface area contributed by atoms with Gasteiger partial charge in [0.15, 0.2) is 5.16 Å². The number of fused-ring (bicyclic) bond motifs is 1. The molecule has 21 heavy (non-hydrogen) atoms. The van der Waals surface area contributed by atoms with Gasteiger partial charge in [-0.05, 0) is 25.1 Å². The summed E-state index contributed by atoms with van der Waals surface area (Å²) in [6.07, 6.45) is 4.42. The molecule has 0 saturated carbocycles. The van der Waals surface area contributed by atoms with E-state index in [0.29, 0.717) is 5.02 Å². The molecule has 1 aliphatic rings. The van der Waals surface area contributed by atoms with Crippen LogP contribution in [0.4, 0.5) is 5.69 Å². The highest BCUT2D eigenvalue weighted by molar-refractivity contribution is 7.99. The van der Waals surface area contributed by atoms with Crippen molar-refractivity contribution >= 4 is 35.0 Å². The summed E-state index contributed by atoms with van der Waals surface area (Å²) in [4.78, 5) is 20.1. The number of imidazole rings is 1. The van der Waals surface area contributed by atoms with Gasteiger partial charge in [-0.15, -0.1) is 0 Å². The van der Waals surface area contributed by atoms with Gasteiger partial charge in [0, 0.05) is 28.5 Å². The molecule has 1 atom stereocenters. The molecule has 0 radical (unpaired) electrons. The van der Waals surface area contributed by atoms with E-state index in [1.165, 1.54) is 11.8 Å². The maximum atomic E-state index is 12.0. The van der Waals surface area contributed by atoms with E-state index in [9.17, 15) is 4.79 Å². The van der Waals surface area contributed by atoms with Crippen LogP contribution < -0.4 is 10.6 Å². The molecule has 0 spiro atoms. The molecule has 0 saturated heterocycles. The molecular formula is C14H15ClN4OS. The van der Waals surface area contributed by atoms with E-state index >= 15 is 0 Å². The fraction of sp³-hybridized carbons (Fsp3) is 0.286. The van der Waals surface area contributed by atoms with Gasteiger partial charge in [-0.1, -0.05) is 30.3 Å². The Morgan fingerprint density at radius 2 is 2.33 bits per heavy atom. The molecule has 1 unspecified atom stereocenters. The van der Waals surface area contributed by atoms with Gasteiger partial charge in [-0.25, -0.2) is 4.98 Å². The molecule has 7 heteroatoms. The van der Waals surface area contributed by atoms with Gasteiger partial charge in [-0.2, -0.15) is 0 Å².